The molecule has 0 aromatic rings. The Morgan fingerprint density at radius 2 is 1.54 bits per heavy atom. The lowest BCUT2D eigenvalue weighted by Crippen LogP contribution is -2.26. The van der Waals surface area contributed by atoms with Crippen LogP contribution in [0.3, 0.4) is 0 Å². The maximum absolute atomic E-state index is 3.41. The van der Waals surface area contributed by atoms with Gasteiger partial charge < -0.3 is 5.32 Å². The minimum Gasteiger partial charge on any atom is -0.317 e. The molecule has 1 unspecified atom stereocenters. The fourth-order valence-electron chi connectivity index (χ4n) is 1.72. The highest BCUT2D eigenvalue weighted by atomic mass is 14.9. The Labute approximate surface area is 84.3 Å². The molecule has 0 aliphatic carbocycles. The zero-order valence-electron chi connectivity index (χ0n) is 10.1. The van der Waals surface area contributed by atoms with Crippen molar-refractivity contribution in [1.82, 2.24) is 5.32 Å². The summed E-state index contributed by atoms with van der Waals surface area (Å²) in [6.45, 7) is 9.20. The van der Waals surface area contributed by atoms with E-state index < -0.39 is 0 Å². The van der Waals surface area contributed by atoms with Crippen molar-refractivity contribution in [3.05, 3.63) is 0 Å². The molecule has 0 aliphatic rings. The van der Waals surface area contributed by atoms with E-state index in [9.17, 15) is 0 Å². The van der Waals surface area contributed by atoms with Crippen LogP contribution in [-0.4, -0.2) is 13.1 Å². The van der Waals surface area contributed by atoms with Gasteiger partial charge in [-0.3, -0.25) is 0 Å². The fourth-order valence-corrected chi connectivity index (χ4v) is 1.72. The van der Waals surface area contributed by atoms with E-state index in [-0.39, 0.29) is 0 Å². The van der Waals surface area contributed by atoms with Gasteiger partial charge in [-0.1, -0.05) is 40.5 Å². The Morgan fingerprint density at radius 1 is 0.923 bits per heavy atom. The summed E-state index contributed by atoms with van der Waals surface area (Å²) in [6, 6.07) is 0.735. The maximum Gasteiger partial charge on any atom is 0.00665 e. The average Bonchev–Trinajstić information content (AvgIpc) is 2.01. The van der Waals surface area contributed by atoms with Gasteiger partial charge in [0.15, 0.2) is 0 Å². The lowest BCUT2D eigenvalue weighted by molar-refractivity contribution is 0.396. The molecule has 0 bridgehead atoms. The van der Waals surface area contributed by atoms with Crippen molar-refractivity contribution in [3.63, 3.8) is 0 Å². The first-order chi connectivity index (χ1) is 6.06. The van der Waals surface area contributed by atoms with E-state index in [0.717, 1.165) is 17.9 Å². The molecule has 0 saturated carbocycles. The SMILES string of the molecule is CNC(CCCC(C)C)CC(C)C. The van der Waals surface area contributed by atoms with Crippen LogP contribution in [0.15, 0.2) is 0 Å². The molecular formula is C12H27N. The highest BCUT2D eigenvalue weighted by Gasteiger charge is 2.08. The molecule has 0 saturated heterocycles. The number of hydrogen-bond donors (Lipinski definition) is 1. The Morgan fingerprint density at radius 3 is 1.92 bits per heavy atom. The Hall–Kier alpha value is -0.0400. The van der Waals surface area contributed by atoms with Gasteiger partial charge in [-0.25, -0.2) is 0 Å². The number of hydrogen-bond acceptors (Lipinski definition) is 1. The van der Waals surface area contributed by atoms with Crippen LogP contribution in [0.4, 0.5) is 0 Å². The van der Waals surface area contributed by atoms with Crippen LogP contribution in [0.1, 0.15) is 53.4 Å². The maximum atomic E-state index is 3.41. The second-order valence-corrected chi connectivity index (χ2v) is 4.94. The standard InChI is InChI=1S/C12H27N/c1-10(2)7-6-8-12(13-5)9-11(3)4/h10-13H,6-9H2,1-5H3. The molecule has 13 heavy (non-hydrogen) atoms. The second-order valence-electron chi connectivity index (χ2n) is 4.94. The van der Waals surface area contributed by atoms with Gasteiger partial charge in [0.2, 0.25) is 0 Å². The van der Waals surface area contributed by atoms with E-state index in [1.165, 1.54) is 25.7 Å². The summed E-state index contributed by atoms with van der Waals surface area (Å²) in [7, 11) is 2.09. The predicted molar refractivity (Wildman–Crippen MR) is 61.0 cm³/mol. The van der Waals surface area contributed by atoms with Gasteiger partial charge in [0.25, 0.3) is 0 Å². The summed E-state index contributed by atoms with van der Waals surface area (Å²) in [6.07, 6.45) is 5.40. The summed E-state index contributed by atoms with van der Waals surface area (Å²) >= 11 is 0. The Balaban J connectivity index is 3.48. The van der Waals surface area contributed by atoms with Crippen molar-refractivity contribution in [3.8, 4) is 0 Å². The van der Waals surface area contributed by atoms with Crippen LogP contribution in [-0.2, 0) is 0 Å². The zero-order valence-corrected chi connectivity index (χ0v) is 10.1. The van der Waals surface area contributed by atoms with Gasteiger partial charge >= 0.3 is 0 Å². The van der Waals surface area contributed by atoms with Crippen molar-refractivity contribution in [2.75, 3.05) is 7.05 Å². The largest absolute Gasteiger partial charge is 0.317 e. The van der Waals surface area contributed by atoms with Gasteiger partial charge in [0.05, 0.1) is 0 Å². The third-order valence-electron chi connectivity index (χ3n) is 2.50. The summed E-state index contributed by atoms with van der Waals surface area (Å²) in [4.78, 5) is 0. The first-order valence-corrected chi connectivity index (χ1v) is 5.73. The normalized spacial score (nSPS) is 14.1. The first-order valence-electron chi connectivity index (χ1n) is 5.73. The Kier molecular flexibility index (Phi) is 7.35. The second kappa shape index (κ2) is 7.37. The topological polar surface area (TPSA) is 12.0 Å². The predicted octanol–water partition coefficient (Wildman–Crippen LogP) is 3.45. The van der Waals surface area contributed by atoms with Gasteiger partial charge in [-0.15, -0.1) is 0 Å². The van der Waals surface area contributed by atoms with Crippen molar-refractivity contribution in [2.24, 2.45) is 11.8 Å². The minimum atomic E-state index is 0.735. The molecule has 0 radical (unpaired) electrons. The highest BCUT2D eigenvalue weighted by Crippen LogP contribution is 2.13. The van der Waals surface area contributed by atoms with Crippen molar-refractivity contribution >= 4 is 0 Å². The quantitative estimate of drug-likeness (QED) is 0.640. The fraction of sp³-hybridized carbons (Fsp3) is 1.00. The third kappa shape index (κ3) is 8.29. The molecule has 1 nitrogen and oxygen atoms in total. The molecule has 1 heteroatoms. The van der Waals surface area contributed by atoms with E-state index in [2.05, 4.69) is 40.1 Å². The van der Waals surface area contributed by atoms with E-state index in [1.54, 1.807) is 0 Å². The molecule has 0 heterocycles. The lowest BCUT2D eigenvalue weighted by atomic mass is 9.97. The zero-order chi connectivity index (χ0) is 10.3. The van der Waals surface area contributed by atoms with Crippen LogP contribution >= 0.6 is 0 Å². The third-order valence-corrected chi connectivity index (χ3v) is 2.50. The molecule has 0 fully saturated rings. The molecule has 0 amide bonds. The van der Waals surface area contributed by atoms with Crippen LogP contribution < -0.4 is 5.32 Å². The van der Waals surface area contributed by atoms with Crippen LogP contribution in [0, 0.1) is 11.8 Å². The summed E-state index contributed by atoms with van der Waals surface area (Å²) in [5.41, 5.74) is 0. The molecule has 0 aromatic carbocycles. The smallest absolute Gasteiger partial charge is 0.00665 e. The van der Waals surface area contributed by atoms with Crippen LogP contribution in [0.2, 0.25) is 0 Å². The molecule has 0 rings (SSSR count). The van der Waals surface area contributed by atoms with Gasteiger partial charge in [-0.2, -0.15) is 0 Å². The average molecular weight is 185 g/mol. The molecule has 0 aliphatic heterocycles. The molecular weight excluding hydrogens is 158 g/mol. The van der Waals surface area contributed by atoms with Crippen LogP contribution in [0.5, 0.6) is 0 Å². The number of rotatable bonds is 7. The molecule has 80 valence electrons. The summed E-state index contributed by atoms with van der Waals surface area (Å²) in [5.74, 6) is 1.67. The lowest BCUT2D eigenvalue weighted by Gasteiger charge is -2.18. The number of nitrogens with one attached hydrogen (secondary N) is 1. The van der Waals surface area contributed by atoms with E-state index in [0.29, 0.717) is 0 Å². The minimum absolute atomic E-state index is 0.735. The van der Waals surface area contributed by atoms with E-state index in [4.69, 9.17) is 0 Å². The molecule has 0 aromatic heterocycles. The van der Waals surface area contributed by atoms with Gasteiger partial charge in [0, 0.05) is 6.04 Å². The van der Waals surface area contributed by atoms with E-state index in [1.807, 2.05) is 0 Å². The van der Waals surface area contributed by atoms with E-state index >= 15 is 0 Å². The van der Waals surface area contributed by atoms with Gasteiger partial charge in [0.1, 0.15) is 0 Å². The summed E-state index contributed by atoms with van der Waals surface area (Å²) in [5, 5.41) is 3.41. The Bertz CT molecular complexity index is 108. The summed E-state index contributed by atoms with van der Waals surface area (Å²) < 4.78 is 0. The highest BCUT2D eigenvalue weighted by molar-refractivity contribution is 4.66. The first kappa shape index (κ1) is 13.0. The monoisotopic (exact) mass is 185 g/mol. The van der Waals surface area contributed by atoms with Crippen LogP contribution in [0.25, 0.3) is 0 Å². The molecule has 0 spiro atoms. The van der Waals surface area contributed by atoms with Crippen molar-refractivity contribution in [1.29, 1.82) is 0 Å². The molecule has 1 atom stereocenters. The molecule has 1 N–H and O–H groups in total. The van der Waals surface area contributed by atoms with Crippen molar-refractivity contribution < 1.29 is 0 Å². The van der Waals surface area contributed by atoms with Crippen molar-refractivity contribution in [2.45, 2.75) is 59.4 Å². The van der Waals surface area contributed by atoms with Gasteiger partial charge in [-0.05, 0) is 31.7 Å².